The van der Waals surface area contributed by atoms with Gasteiger partial charge in [-0.25, -0.2) is 4.79 Å². The summed E-state index contributed by atoms with van der Waals surface area (Å²) in [4.78, 5) is 30.5. The summed E-state index contributed by atoms with van der Waals surface area (Å²) in [6.45, 7) is 0. The van der Waals surface area contributed by atoms with Crippen LogP contribution < -0.4 is 14.8 Å². The molecule has 6 rings (SSSR count). The molecule has 4 aromatic rings. The van der Waals surface area contributed by atoms with E-state index in [9.17, 15) is 9.59 Å². The van der Waals surface area contributed by atoms with E-state index in [1.54, 1.807) is 36.5 Å². The molecule has 0 amide bonds. The fourth-order valence-electron chi connectivity index (χ4n) is 5.23. The zero-order valence-electron chi connectivity index (χ0n) is 20.1. The Kier molecular flexibility index (Phi) is 6.00. The zero-order chi connectivity index (χ0) is 25.5. The SMILES string of the molecule is COc1cc([C@H]2Nc3ccc4ncccc4c3C3=C2C(=O)CCC3)ccc1OC(=O)c1ccc(Br)cc1. The average molecular weight is 555 g/mol. The first-order chi connectivity index (χ1) is 18.0. The van der Waals surface area contributed by atoms with Crippen LogP contribution in [-0.4, -0.2) is 23.8 Å². The van der Waals surface area contributed by atoms with Gasteiger partial charge in [-0.15, -0.1) is 0 Å². The minimum absolute atomic E-state index is 0.148. The van der Waals surface area contributed by atoms with Gasteiger partial charge < -0.3 is 14.8 Å². The number of esters is 1. The number of fused-ring (bicyclic) bond motifs is 4. The van der Waals surface area contributed by atoms with Gasteiger partial charge in [-0.1, -0.05) is 28.1 Å². The third-order valence-electron chi connectivity index (χ3n) is 6.94. The number of carbonyl (C=O) groups is 2. The maximum Gasteiger partial charge on any atom is 0.343 e. The molecular weight excluding hydrogens is 532 g/mol. The van der Waals surface area contributed by atoms with Gasteiger partial charge in [0.2, 0.25) is 0 Å². The number of Topliss-reactive ketones (excluding diaryl/α,β-unsaturated/α-hetero) is 1. The Hall–Kier alpha value is -3.97. The van der Waals surface area contributed by atoms with Gasteiger partial charge in [0.1, 0.15) is 0 Å². The largest absolute Gasteiger partial charge is 0.493 e. The standard InChI is InChI=1S/C30H23BrN2O4/c1-36-26-16-18(9-14-25(26)37-30(35)17-7-10-19(31)11-8-17)29-28-21(4-2-6-24(28)34)27-20-5-3-15-32-22(20)12-13-23(27)33-29/h3,5,7-16,29,33H,2,4,6H2,1H3/t29-/m1/s1. The molecule has 2 heterocycles. The maximum atomic E-state index is 13.3. The van der Waals surface area contributed by atoms with Crippen LogP contribution in [0, 0.1) is 0 Å². The summed E-state index contributed by atoms with van der Waals surface area (Å²) >= 11 is 3.37. The highest BCUT2D eigenvalue weighted by Crippen LogP contribution is 2.48. The van der Waals surface area contributed by atoms with Crippen LogP contribution in [0.15, 0.2) is 83.0 Å². The summed E-state index contributed by atoms with van der Waals surface area (Å²) in [6, 6.07) is 20.1. The van der Waals surface area contributed by atoms with E-state index in [1.807, 2.05) is 30.3 Å². The number of halogens is 1. The molecule has 0 spiro atoms. The molecule has 1 N–H and O–H groups in total. The van der Waals surface area contributed by atoms with Crippen molar-refractivity contribution in [2.45, 2.75) is 25.3 Å². The Morgan fingerprint density at radius 2 is 1.86 bits per heavy atom. The molecule has 0 fully saturated rings. The van der Waals surface area contributed by atoms with Crippen molar-refractivity contribution < 1.29 is 19.1 Å². The molecule has 184 valence electrons. The first-order valence-corrected chi connectivity index (χ1v) is 12.9. The van der Waals surface area contributed by atoms with Crippen molar-refractivity contribution in [3.8, 4) is 11.5 Å². The lowest BCUT2D eigenvalue weighted by atomic mass is 9.77. The molecule has 1 aliphatic heterocycles. The lowest BCUT2D eigenvalue weighted by Crippen LogP contribution is -2.27. The number of aromatic nitrogens is 1. The molecule has 1 aliphatic carbocycles. The Bertz CT molecular complexity index is 1590. The number of ether oxygens (including phenoxy) is 2. The number of pyridine rings is 1. The Morgan fingerprint density at radius 1 is 1.03 bits per heavy atom. The van der Waals surface area contributed by atoms with E-state index in [0.29, 0.717) is 23.5 Å². The molecule has 1 atom stereocenters. The lowest BCUT2D eigenvalue weighted by Gasteiger charge is -2.35. The van der Waals surface area contributed by atoms with Crippen LogP contribution >= 0.6 is 15.9 Å². The number of methoxy groups -OCH3 is 1. The number of nitrogens with zero attached hydrogens (tertiary/aromatic N) is 1. The summed E-state index contributed by atoms with van der Waals surface area (Å²) < 4.78 is 12.1. The third-order valence-corrected chi connectivity index (χ3v) is 7.46. The van der Waals surface area contributed by atoms with Crippen LogP contribution in [0.2, 0.25) is 0 Å². The highest BCUT2D eigenvalue weighted by molar-refractivity contribution is 9.10. The number of nitrogens with one attached hydrogen (secondary N) is 1. The van der Waals surface area contributed by atoms with E-state index in [0.717, 1.165) is 56.2 Å². The molecule has 2 aliphatic rings. The predicted molar refractivity (Wildman–Crippen MR) is 146 cm³/mol. The first kappa shape index (κ1) is 23.4. The summed E-state index contributed by atoms with van der Waals surface area (Å²) in [5.74, 6) is 0.409. The van der Waals surface area contributed by atoms with E-state index in [2.05, 4.69) is 32.3 Å². The number of carbonyl (C=O) groups excluding carboxylic acids is 2. The molecule has 0 saturated carbocycles. The predicted octanol–water partition coefficient (Wildman–Crippen LogP) is 6.90. The second kappa shape index (κ2) is 9.48. The number of hydrogen-bond donors (Lipinski definition) is 1. The van der Waals surface area contributed by atoms with Crippen molar-refractivity contribution in [1.82, 2.24) is 4.98 Å². The van der Waals surface area contributed by atoms with Crippen LogP contribution in [0.25, 0.3) is 16.5 Å². The van der Waals surface area contributed by atoms with Gasteiger partial charge in [0, 0.05) is 39.3 Å². The van der Waals surface area contributed by atoms with E-state index in [-0.39, 0.29) is 11.8 Å². The molecule has 0 radical (unpaired) electrons. The van der Waals surface area contributed by atoms with Gasteiger partial charge in [-0.2, -0.15) is 0 Å². The minimum Gasteiger partial charge on any atom is -0.493 e. The number of allylic oxidation sites excluding steroid dienone is 1. The first-order valence-electron chi connectivity index (χ1n) is 12.1. The monoisotopic (exact) mass is 554 g/mol. The van der Waals surface area contributed by atoms with E-state index in [1.165, 1.54) is 7.11 Å². The van der Waals surface area contributed by atoms with Gasteiger partial charge in [0.25, 0.3) is 0 Å². The Labute approximate surface area is 222 Å². The van der Waals surface area contributed by atoms with E-state index in [4.69, 9.17) is 9.47 Å². The minimum atomic E-state index is -0.476. The summed E-state index contributed by atoms with van der Waals surface area (Å²) in [7, 11) is 1.54. The van der Waals surface area contributed by atoms with E-state index < -0.39 is 5.97 Å². The number of ketones is 1. The molecule has 37 heavy (non-hydrogen) atoms. The molecule has 0 saturated heterocycles. The average Bonchev–Trinajstić information content (AvgIpc) is 2.93. The zero-order valence-corrected chi connectivity index (χ0v) is 21.7. The quantitative estimate of drug-likeness (QED) is 0.218. The highest BCUT2D eigenvalue weighted by atomic mass is 79.9. The summed E-state index contributed by atoms with van der Waals surface area (Å²) in [5, 5.41) is 4.65. The van der Waals surface area contributed by atoms with Crippen LogP contribution in [0.3, 0.4) is 0 Å². The second-order valence-electron chi connectivity index (χ2n) is 9.11. The topological polar surface area (TPSA) is 77.5 Å². The Balaban J connectivity index is 1.40. The van der Waals surface area contributed by atoms with Gasteiger partial charge in [-0.3, -0.25) is 9.78 Å². The molecule has 0 bridgehead atoms. The van der Waals surface area contributed by atoms with Gasteiger partial charge in [-0.05, 0) is 78.6 Å². The van der Waals surface area contributed by atoms with Crippen LogP contribution in [-0.2, 0) is 4.79 Å². The van der Waals surface area contributed by atoms with Crippen molar-refractivity contribution in [3.63, 3.8) is 0 Å². The summed E-state index contributed by atoms with van der Waals surface area (Å²) in [5.41, 5.74) is 6.12. The molecule has 0 unspecified atom stereocenters. The van der Waals surface area contributed by atoms with Gasteiger partial charge in [0.05, 0.1) is 24.2 Å². The van der Waals surface area contributed by atoms with Crippen molar-refractivity contribution in [2.75, 3.05) is 12.4 Å². The molecule has 1 aromatic heterocycles. The van der Waals surface area contributed by atoms with Crippen LogP contribution in [0.1, 0.15) is 46.8 Å². The molecule has 6 nitrogen and oxygen atoms in total. The fraction of sp³-hybridized carbons (Fsp3) is 0.167. The number of hydrogen-bond acceptors (Lipinski definition) is 6. The highest BCUT2D eigenvalue weighted by Gasteiger charge is 2.35. The maximum absolute atomic E-state index is 13.3. The van der Waals surface area contributed by atoms with Crippen molar-refractivity contribution in [3.05, 3.63) is 99.7 Å². The van der Waals surface area contributed by atoms with E-state index >= 15 is 0 Å². The second-order valence-corrected chi connectivity index (χ2v) is 10.0. The van der Waals surface area contributed by atoms with Gasteiger partial charge in [0.15, 0.2) is 17.3 Å². The Morgan fingerprint density at radius 3 is 2.68 bits per heavy atom. The van der Waals surface area contributed by atoms with Crippen LogP contribution in [0.4, 0.5) is 5.69 Å². The van der Waals surface area contributed by atoms with Crippen molar-refractivity contribution in [1.29, 1.82) is 0 Å². The molecule has 3 aromatic carbocycles. The van der Waals surface area contributed by atoms with Crippen molar-refractivity contribution >= 4 is 49.8 Å². The third kappa shape index (κ3) is 4.19. The fourth-order valence-corrected chi connectivity index (χ4v) is 5.49. The molecular formula is C30H23BrN2O4. The number of rotatable bonds is 4. The summed E-state index contributed by atoms with van der Waals surface area (Å²) in [6.07, 6.45) is 3.97. The number of benzene rings is 3. The molecule has 7 heteroatoms. The van der Waals surface area contributed by atoms with Crippen LogP contribution in [0.5, 0.6) is 11.5 Å². The smallest absolute Gasteiger partial charge is 0.343 e. The lowest BCUT2D eigenvalue weighted by molar-refractivity contribution is -0.116. The van der Waals surface area contributed by atoms with Crippen molar-refractivity contribution in [2.24, 2.45) is 0 Å². The normalized spacial score (nSPS) is 16.6. The number of anilines is 1. The van der Waals surface area contributed by atoms with Gasteiger partial charge >= 0.3 is 5.97 Å².